The molecule has 4 heteroatoms. The minimum absolute atomic E-state index is 0.116. The normalized spacial score (nSPS) is 39.1. The third kappa shape index (κ3) is 3.85. The zero-order chi connectivity index (χ0) is 30.3. The first-order valence-corrected chi connectivity index (χ1v) is 18.0. The van der Waals surface area contributed by atoms with Crippen molar-refractivity contribution in [1.82, 2.24) is 0 Å². The fourth-order valence-corrected chi connectivity index (χ4v) is 13.1. The van der Waals surface area contributed by atoms with Crippen molar-refractivity contribution in [2.75, 3.05) is 0 Å². The number of carbonyl (C=O) groups excluding carboxylic acids is 2. The van der Waals surface area contributed by atoms with Gasteiger partial charge >= 0.3 is 0 Å². The van der Waals surface area contributed by atoms with E-state index in [4.69, 9.17) is 0 Å². The number of rotatable bonds is 9. The van der Waals surface area contributed by atoms with Crippen LogP contribution in [0.3, 0.4) is 0 Å². The van der Waals surface area contributed by atoms with Gasteiger partial charge in [0.2, 0.25) is 0 Å². The SMILES string of the molecule is CC1(C)[C@H]2CC[C@@]1(C)C(=O)[C@]2(C[C@H](Br)Cc1ccccc1)[C@]1(C[C@H](Br)Cc2ccccc2)C(=O)[C@@]2(C)CC[C@H]1C2(C)C. The smallest absolute Gasteiger partial charge is 0.146 e. The highest BCUT2D eigenvalue weighted by Gasteiger charge is 2.85. The van der Waals surface area contributed by atoms with E-state index in [1.54, 1.807) is 0 Å². The molecule has 4 bridgehead atoms. The minimum atomic E-state index is -0.688. The van der Waals surface area contributed by atoms with Crippen LogP contribution >= 0.6 is 31.9 Å². The van der Waals surface area contributed by atoms with Gasteiger partial charge in [-0.15, -0.1) is 0 Å². The predicted molar refractivity (Wildman–Crippen MR) is 179 cm³/mol. The molecule has 4 aliphatic rings. The second-order valence-electron chi connectivity index (χ2n) is 15.9. The molecule has 0 aromatic heterocycles. The Balaban J connectivity index is 1.53. The second kappa shape index (κ2) is 10.1. The van der Waals surface area contributed by atoms with Gasteiger partial charge in [-0.25, -0.2) is 0 Å². The molecule has 2 aromatic rings. The molecule has 2 nitrogen and oxygen atoms in total. The Bertz CT molecular complexity index is 1260. The zero-order valence-corrected chi connectivity index (χ0v) is 29.5. The molecule has 4 saturated carbocycles. The molecule has 0 heterocycles. The van der Waals surface area contributed by atoms with Crippen LogP contribution in [0, 0.1) is 44.3 Å². The molecule has 0 radical (unpaired) electrons. The van der Waals surface area contributed by atoms with E-state index in [1.807, 2.05) is 0 Å². The first kappa shape index (κ1) is 30.8. The number of halogens is 2. The van der Waals surface area contributed by atoms with Crippen molar-refractivity contribution in [2.24, 2.45) is 44.3 Å². The van der Waals surface area contributed by atoms with E-state index >= 15 is 9.59 Å². The van der Waals surface area contributed by atoms with Crippen molar-refractivity contribution in [1.29, 1.82) is 0 Å². The Labute approximate surface area is 270 Å². The fourth-order valence-electron chi connectivity index (χ4n) is 11.3. The molecule has 8 atom stereocenters. The molecule has 0 unspecified atom stereocenters. The second-order valence-corrected chi connectivity index (χ2v) is 18.5. The number of fused-ring (bicyclic) bond motifs is 4. The van der Waals surface area contributed by atoms with Gasteiger partial charge in [0, 0.05) is 31.3 Å². The number of benzene rings is 2. The summed E-state index contributed by atoms with van der Waals surface area (Å²) in [6.07, 6.45) is 7.11. The van der Waals surface area contributed by atoms with Gasteiger partial charge in [0.05, 0.1) is 0 Å². The topological polar surface area (TPSA) is 34.1 Å². The molecular weight excluding hydrogens is 648 g/mol. The number of hydrogen-bond acceptors (Lipinski definition) is 2. The summed E-state index contributed by atoms with van der Waals surface area (Å²) in [4.78, 5) is 31.2. The van der Waals surface area contributed by atoms with Gasteiger partial charge in [0.1, 0.15) is 11.6 Å². The number of hydrogen-bond donors (Lipinski definition) is 0. The maximum atomic E-state index is 15.5. The van der Waals surface area contributed by atoms with Crippen molar-refractivity contribution in [3.8, 4) is 0 Å². The molecular formula is C38H48Br2O2. The molecule has 42 heavy (non-hydrogen) atoms. The summed E-state index contributed by atoms with van der Waals surface area (Å²) < 4.78 is 0. The largest absolute Gasteiger partial charge is 0.298 e. The average molecular weight is 697 g/mol. The highest BCUT2D eigenvalue weighted by atomic mass is 79.9. The van der Waals surface area contributed by atoms with Crippen LogP contribution in [0.15, 0.2) is 60.7 Å². The maximum Gasteiger partial charge on any atom is 0.146 e. The molecule has 4 aliphatic carbocycles. The molecule has 0 N–H and O–H groups in total. The number of ketones is 2. The lowest BCUT2D eigenvalue weighted by molar-refractivity contribution is -0.166. The van der Waals surface area contributed by atoms with Crippen molar-refractivity contribution in [2.45, 2.75) is 103 Å². The van der Waals surface area contributed by atoms with E-state index in [-0.39, 0.29) is 32.3 Å². The van der Waals surface area contributed by atoms with Crippen LogP contribution in [-0.4, -0.2) is 21.2 Å². The van der Waals surface area contributed by atoms with E-state index in [0.717, 1.165) is 51.4 Å². The Kier molecular flexibility index (Phi) is 7.42. The van der Waals surface area contributed by atoms with Gasteiger partial charge in [-0.1, -0.05) is 134 Å². The molecule has 4 fully saturated rings. The van der Waals surface area contributed by atoms with Crippen molar-refractivity contribution in [3.05, 3.63) is 71.8 Å². The molecule has 0 saturated heterocycles. The lowest BCUT2D eigenvalue weighted by atomic mass is 9.45. The van der Waals surface area contributed by atoms with E-state index in [0.29, 0.717) is 11.6 Å². The van der Waals surface area contributed by atoms with Crippen molar-refractivity contribution >= 4 is 43.4 Å². The molecule has 0 spiro atoms. The van der Waals surface area contributed by atoms with Gasteiger partial charge in [-0.05, 0) is 85.2 Å². The first-order chi connectivity index (χ1) is 19.7. The highest BCUT2D eigenvalue weighted by Crippen LogP contribution is 2.83. The lowest BCUT2D eigenvalue weighted by Crippen LogP contribution is -2.61. The fraction of sp³-hybridized carbons (Fsp3) is 0.632. The number of alkyl halides is 2. The van der Waals surface area contributed by atoms with E-state index in [1.165, 1.54) is 11.1 Å². The van der Waals surface area contributed by atoms with Crippen LogP contribution in [0.25, 0.3) is 0 Å². The van der Waals surface area contributed by atoms with Crippen LogP contribution < -0.4 is 0 Å². The van der Waals surface area contributed by atoms with Crippen LogP contribution in [0.5, 0.6) is 0 Å². The average Bonchev–Trinajstić information content (AvgIpc) is 3.42. The van der Waals surface area contributed by atoms with Gasteiger partial charge < -0.3 is 0 Å². The van der Waals surface area contributed by atoms with E-state index in [9.17, 15) is 0 Å². The lowest BCUT2D eigenvalue weighted by Gasteiger charge is -2.56. The van der Waals surface area contributed by atoms with Crippen molar-refractivity contribution < 1.29 is 9.59 Å². The quantitative estimate of drug-likeness (QED) is 0.245. The zero-order valence-electron chi connectivity index (χ0n) is 26.3. The summed E-state index contributed by atoms with van der Waals surface area (Å²) in [6, 6.07) is 21.3. The Morgan fingerprint density at radius 2 is 0.952 bits per heavy atom. The summed E-state index contributed by atoms with van der Waals surface area (Å²) in [5, 5.41) is 0. The maximum absolute atomic E-state index is 15.5. The summed E-state index contributed by atoms with van der Waals surface area (Å²) >= 11 is 8.29. The predicted octanol–water partition coefficient (Wildman–Crippen LogP) is 9.80. The summed E-state index contributed by atoms with van der Waals surface area (Å²) in [5.41, 5.74) is 0.0726. The van der Waals surface area contributed by atoms with Gasteiger partial charge in [0.15, 0.2) is 0 Å². The molecule has 6 rings (SSSR count). The Morgan fingerprint density at radius 1 is 0.619 bits per heavy atom. The van der Waals surface area contributed by atoms with Crippen molar-refractivity contribution in [3.63, 3.8) is 0 Å². The molecule has 2 aromatic carbocycles. The first-order valence-electron chi connectivity index (χ1n) is 16.1. The molecule has 0 amide bonds. The van der Waals surface area contributed by atoms with Gasteiger partial charge in [0.25, 0.3) is 0 Å². The summed E-state index contributed by atoms with van der Waals surface area (Å²) in [6.45, 7) is 13.9. The van der Waals surface area contributed by atoms with Gasteiger partial charge in [-0.2, -0.15) is 0 Å². The third-order valence-electron chi connectivity index (χ3n) is 13.9. The summed E-state index contributed by atoms with van der Waals surface area (Å²) in [5.74, 6) is 1.18. The minimum Gasteiger partial charge on any atom is -0.298 e. The Hall–Kier alpha value is -1.26. The van der Waals surface area contributed by atoms with Crippen LogP contribution in [0.2, 0.25) is 0 Å². The number of Topliss-reactive ketones (excluding diaryl/α,β-unsaturated/α-hetero) is 2. The molecule has 226 valence electrons. The van der Waals surface area contributed by atoms with Crippen LogP contribution in [0.1, 0.15) is 91.2 Å². The van der Waals surface area contributed by atoms with Crippen LogP contribution in [-0.2, 0) is 22.4 Å². The Morgan fingerprint density at radius 3 is 1.24 bits per heavy atom. The highest BCUT2D eigenvalue weighted by molar-refractivity contribution is 9.09. The van der Waals surface area contributed by atoms with E-state index < -0.39 is 21.7 Å². The number of carbonyl (C=O) groups is 2. The summed E-state index contributed by atoms with van der Waals surface area (Å²) in [7, 11) is 0. The molecule has 0 aliphatic heterocycles. The van der Waals surface area contributed by atoms with Crippen LogP contribution in [0.4, 0.5) is 0 Å². The van der Waals surface area contributed by atoms with Gasteiger partial charge in [-0.3, -0.25) is 9.59 Å². The monoisotopic (exact) mass is 694 g/mol. The van der Waals surface area contributed by atoms with E-state index in [2.05, 4.69) is 134 Å². The third-order valence-corrected chi connectivity index (χ3v) is 15.2. The standard InChI is InChI=1S/C38H48Br2O2/c1-33(2)29-17-19-35(33,5)31(41)37(29,23-27(39)21-25-13-9-7-10-14-25)38(24-28(40)22-26-15-11-8-12-16-26)30-18-20-36(6,32(38)42)34(30,3)4/h7-16,27-30H,17-24H2,1-6H3/t27-,28-,29-,30+,35+,36-,37-,38+/m1/s1.